The first-order chi connectivity index (χ1) is 17.8. The van der Waals surface area contributed by atoms with Crippen molar-refractivity contribution in [3.63, 3.8) is 0 Å². The molecule has 1 atom stereocenters. The van der Waals surface area contributed by atoms with Crippen molar-refractivity contribution in [1.29, 1.82) is 0 Å². The fourth-order valence-corrected chi connectivity index (χ4v) is 5.62. The molecule has 188 valence electrons. The number of fused-ring (bicyclic) bond motifs is 2. The number of rotatable bonds is 7. The van der Waals surface area contributed by atoms with Crippen molar-refractivity contribution in [2.45, 2.75) is 19.9 Å². The summed E-state index contributed by atoms with van der Waals surface area (Å²) in [7, 11) is 0. The molecule has 2 aromatic carbocycles. The van der Waals surface area contributed by atoms with E-state index in [1.165, 1.54) is 11.0 Å². The smallest absolute Gasteiger partial charge is 0.350 e. The van der Waals surface area contributed by atoms with E-state index in [9.17, 15) is 14.4 Å². The number of aromatic nitrogens is 1. The first-order valence-corrected chi connectivity index (χ1v) is 13.0. The summed E-state index contributed by atoms with van der Waals surface area (Å²) in [5.74, 6) is -0.554. The molecule has 0 spiro atoms. The normalized spacial score (nSPS) is 14.6. The van der Waals surface area contributed by atoms with Crippen LogP contribution >= 0.6 is 27.3 Å². The number of nitrogens with zero attached hydrogens (tertiary/aromatic N) is 2. The van der Waals surface area contributed by atoms with Gasteiger partial charge in [-0.25, -0.2) is 9.78 Å². The van der Waals surface area contributed by atoms with E-state index in [-0.39, 0.29) is 33.4 Å². The number of carbonyl (C=O) groups excluding carboxylic acids is 2. The molecule has 5 rings (SSSR count). The number of hydrogen-bond donors (Lipinski definition) is 0. The summed E-state index contributed by atoms with van der Waals surface area (Å²) in [4.78, 5) is 46.4. The second-order valence-electron chi connectivity index (χ2n) is 8.20. The summed E-state index contributed by atoms with van der Waals surface area (Å²) in [5.41, 5.74) is 1.23. The minimum absolute atomic E-state index is 0.0486. The molecule has 0 fully saturated rings. The number of aryl methyl sites for hydroxylation is 1. The van der Waals surface area contributed by atoms with Gasteiger partial charge in [-0.05, 0) is 49.7 Å². The first-order valence-electron chi connectivity index (χ1n) is 11.4. The van der Waals surface area contributed by atoms with E-state index in [4.69, 9.17) is 13.9 Å². The lowest BCUT2D eigenvalue weighted by Crippen LogP contribution is -2.29. The molecule has 3 heterocycles. The molecule has 4 aromatic rings. The van der Waals surface area contributed by atoms with E-state index in [2.05, 4.69) is 27.5 Å². The van der Waals surface area contributed by atoms with Gasteiger partial charge in [0, 0.05) is 4.47 Å². The van der Waals surface area contributed by atoms with E-state index in [0.29, 0.717) is 39.1 Å². The highest BCUT2D eigenvalue weighted by Gasteiger charge is 2.45. The Morgan fingerprint density at radius 2 is 2.08 bits per heavy atom. The second kappa shape index (κ2) is 9.95. The predicted octanol–water partition coefficient (Wildman–Crippen LogP) is 5.81. The third-order valence-corrected chi connectivity index (χ3v) is 7.46. The van der Waals surface area contributed by atoms with Crippen LogP contribution in [0.3, 0.4) is 0 Å². The fourth-order valence-electron chi connectivity index (χ4n) is 4.27. The summed E-state index contributed by atoms with van der Waals surface area (Å²) in [6.45, 7) is 7.59. The standard InChI is InChI=1S/C27H21BrN2O6S/c1-4-11-35-26(33)24-14(3)29-27(37-24)30-21(15-7-6-8-17(12-15)34-5-2)20-22(31)18-13-16(28)9-10-19(18)36-23(20)25(30)32/h4,6-10,12-13,21H,1,5,11H2,2-3H3. The van der Waals surface area contributed by atoms with E-state index in [1.807, 2.05) is 13.0 Å². The number of hydrogen-bond acceptors (Lipinski definition) is 8. The lowest BCUT2D eigenvalue weighted by atomic mass is 9.98. The van der Waals surface area contributed by atoms with Crippen LogP contribution in [0, 0.1) is 6.92 Å². The maximum atomic E-state index is 13.8. The van der Waals surface area contributed by atoms with Gasteiger partial charge in [-0.15, -0.1) is 0 Å². The van der Waals surface area contributed by atoms with Gasteiger partial charge in [0.25, 0.3) is 5.91 Å². The van der Waals surface area contributed by atoms with Crippen molar-refractivity contribution in [1.82, 2.24) is 4.98 Å². The summed E-state index contributed by atoms with van der Waals surface area (Å²) in [6, 6.07) is 11.4. The molecule has 1 aliphatic rings. The third-order valence-electron chi connectivity index (χ3n) is 5.83. The van der Waals surface area contributed by atoms with E-state index >= 15 is 0 Å². The maximum Gasteiger partial charge on any atom is 0.350 e. The molecule has 8 nitrogen and oxygen atoms in total. The Bertz CT molecular complexity index is 1630. The van der Waals surface area contributed by atoms with Gasteiger partial charge in [-0.1, -0.05) is 52.1 Å². The first kappa shape index (κ1) is 24.9. The average Bonchev–Trinajstić information content (AvgIpc) is 3.41. The van der Waals surface area contributed by atoms with Gasteiger partial charge in [-0.3, -0.25) is 14.5 Å². The quantitative estimate of drug-likeness (QED) is 0.201. The molecule has 0 N–H and O–H groups in total. The molecule has 10 heteroatoms. The van der Waals surface area contributed by atoms with Crippen molar-refractivity contribution in [3.05, 3.63) is 97.3 Å². The zero-order chi connectivity index (χ0) is 26.3. The Morgan fingerprint density at radius 3 is 2.84 bits per heavy atom. The number of ether oxygens (including phenoxy) is 2. The Labute approximate surface area is 224 Å². The number of amides is 1. The van der Waals surface area contributed by atoms with Gasteiger partial charge in [0.15, 0.2) is 10.6 Å². The lowest BCUT2D eigenvalue weighted by molar-refractivity contribution is 0.0554. The molecular weight excluding hydrogens is 560 g/mol. The monoisotopic (exact) mass is 580 g/mol. The topological polar surface area (TPSA) is 98.9 Å². The largest absolute Gasteiger partial charge is 0.494 e. The molecule has 1 unspecified atom stereocenters. The molecule has 0 bridgehead atoms. The number of benzene rings is 2. The summed E-state index contributed by atoms with van der Waals surface area (Å²) < 4.78 is 17.6. The molecule has 2 aromatic heterocycles. The molecule has 0 aliphatic carbocycles. The molecule has 0 saturated heterocycles. The fraction of sp³-hybridized carbons (Fsp3) is 0.185. The van der Waals surface area contributed by atoms with Crippen molar-refractivity contribution in [2.75, 3.05) is 18.1 Å². The minimum atomic E-state index is -0.842. The van der Waals surface area contributed by atoms with E-state index < -0.39 is 17.9 Å². The Kier molecular flexibility index (Phi) is 6.70. The number of anilines is 1. The maximum absolute atomic E-state index is 13.8. The van der Waals surface area contributed by atoms with Crippen molar-refractivity contribution in [2.24, 2.45) is 0 Å². The Balaban J connectivity index is 1.72. The number of thiazole rings is 1. The minimum Gasteiger partial charge on any atom is -0.494 e. The van der Waals surface area contributed by atoms with Gasteiger partial charge in [-0.2, -0.15) is 0 Å². The summed E-state index contributed by atoms with van der Waals surface area (Å²) in [5, 5.41) is 0.591. The van der Waals surface area contributed by atoms with Crippen LogP contribution in [-0.2, 0) is 4.74 Å². The second-order valence-corrected chi connectivity index (χ2v) is 10.1. The lowest BCUT2D eigenvalue weighted by Gasteiger charge is -2.23. The van der Waals surface area contributed by atoms with Gasteiger partial charge in [0.2, 0.25) is 5.76 Å². The highest BCUT2D eigenvalue weighted by Crippen LogP contribution is 2.43. The van der Waals surface area contributed by atoms with E-state index in [0.717, 1.165) is 11.3 Å². The molecule has 37 heavy (non-hydrogen) atoms. The zero-order valence-electron chi connectivity index (χ0n) is 19.9. The summed E-state index contributed by atoms with van der Waals surface area (Å²) in [6.07, 6.45) is 1.47. The predicted molar refractivity (Wildman–Crippen MR) is 144 cm³/mol. The third kappa shape index (κ3) is 4.36. The average molecular weight is 581 g/mol. The van der Waals surface area contributed by atoms with Crippen molar-refractivity contribution < 1.29 is 23.5 Å². The Hall–Kier alpha value is -3.76. The van der Waals surface area contributed by atoms with Crippen LogP contribution in [0.4, 0.5) is 5.13 Å². The van der Waals surface area contributed by atoms with Crippen LogP contribution in [0.5, 0.6) is 5.75 Å². The van der Waals surface area contributed by atoms with Crippen molar-refractivity contribution in [3.8, 4) is 5.75 Å². The summed E-state index contributed by atoms with van der Waals surface area (Å²) >= 11 is 4.42. The zero-order valence-corrected chi connectivity index (χ0v) is 22.4. The molecule has 1 amide bonds. The van der Waals surface area contributed by atoms with Gasteiger partial charge in [0.05, 0.1) is 29.3 Å². The highest BCUT2D eigenvalue weighted by atomic mass is 79.9. The van der Waals surface area contributed by atoms with E-state index in [1.54, 1.807) is 43.3 Å². The van der Waals surface area contributed by atoms with Crippen LogP contribution in [0.2, 0.25) is 0 Å². The van der Waals surface area contributed by atoms with Crippen LogP contribution in [0.1, 0.15) is 50.0 Å². The van der Waals surface area contributed by atoms with Crippen LogP contribution < -0.4 is 15.1 Å². The van der Waals surface area contributed by atoms with Gasteiger partial charge < -0.3 is 13.9 Å². The SMILES string of the molecule is C=CCOC(=O)c1sc(N2C(=O)c3oc4ccc(Br)cc4c(=O)c3C2c2cccc(OCC)c2)nc1C. The molecular formula is C27H21BrN2O6S. The van der Waals surface area contributed by atoms with Crippen LogP contribution in [0.15, 0.2) is 68.8 Å². The molecule has 1 aliphatic heterocycles. The number of halogens is 1. The number of carbonyl (C=O) groups is 2. The highest BCUT2D eigenvalue weighted by molar-refractivity contribution is 9.10. The number of esters is 1. The van der Waals surface area contributed by atoms with Crippen LogP contribution in [0.25, 0.3) is 11.0 Å². The molecule has 0 saturated carbocycles. The van der Waals surface area contributed by atoms with Crippen molar-refractivity contribution >= 4 is 55.2 Å². The molecule has 0 radical (unpaired) electrons. The van der Waals surface area contributed by atoms with Gasteiger partial charge >= 0.3 is 5.97 Å². The van der Waals surface area contributed by atoms with Crippen LogP contribution in [-0.4, -0.2) is 30.1 Å². The van der Waals surface area contributed by atoms with Gasteiger partial charge in [0.1, 0.15) is 22.8 Å². The Morgan fingerprint density at radius 1 is 1.27 bits per heavy atom.